The van der Waals surface area contributed by atoms with Crippen LogP contribution >= 0.6 is 0 Å². The first-order valence-corrected chi connectivity index (χ1v) is 10.9. The van der Waals surface area contributed by atoms with Crippen molar-refractivity contribution in [3.05, 3.63) is 41.5 Å². The van der Waals surface area contributed by atoms with Crippen molar-refractivity contribution in [2.24, 2.45) is 5.92 Å². The number of amides is 1. The van der Waals surface area contributed by atoms with Gasteiger partial charge in [0, 0.05) is 32.6 Å². The average Bonchev–Trinajstić information content (AvgIpc) is 3.15. The molecule has 3 heterocycles. The first-order valence-electron chi connectivity index (χ1n) is 10.9. The molecule has 0 bridgehead atoms. The Labute approximate surface area is 177 Å². The lowest BCUT2D eigenvalue weighted by Gasteiger charge is -2.35. The fourth-order valence-corrected chi connectivity index (χ4v) is 4.48. The van der Waals surface area contributed by atoms with Crippen LogP contribution in [-0.2, 0) is 4.79 Å². The van der Waals surface area contributed by atoms with Crippen LogP contribution in [0.2, 0.25) is 0 Å². The van der Waals surface area contributed by atoms with Gasteiger partial charge in [-0.05, 0) is 49.9 Å². The Balaban J connectivity index is 1.64. The number of benzene rings is 1. The van der Waals surface area contributed by atoms with Gasteiger partial charge in [0.1, 0.15) is 11.9 Å². The summed E-state index contributed by atoms with van der Waals surface area (Å²) in [5.74, 6) is 1.43. The van der Waals surface area contributed by atoms with Gasteiger partial charge in [-0.15, -0.1) is 0 Å². The molecule has 1 aromatic carbocycles. The van der Waals surface area contributed by atoms with Crippen LogP contribution < -0.4 is 4.90 Å². The van der Waals surface area contributed by atoms with E-state index in [1.54, 1.807) is 0 Å². The van der Waals surface area contributed by atoms with E-state index < -0.39 is 0 Å². The SMILES string of the molecule is CCCCN(C)C(=O)C1CCN(c2cc(C)c(C#N)c3nc4ccccc4n23)CC1. The number of piperidine rings is 1. The topological polar surface area (TPSA) is 64.6 Å². The molecule has 1 fully saturated rings. The monoisotopic (exact) mass is 403 g/mol. The summed E-state index contributed by atoms with van der Waals surface area (Å²) in [6.07, 6.45) is 3.85. The molecule has 0 N–H and O–H groups in total. The maximum Gasteiger partial charge on any atom is 0.225 e. The van der Waals surface area contributed by atoms with E-state index in [4.69, 9.17) is 4.98 Å². The van der Waals surface area contributed by atoms with Crippen LogP contribution in [-0.4, -0.2) is 46.9 Å². The number of nitriles is 1. The van der Waals surface area contributed by atoms with Crippen molar-refractivity contribution in [2.45, 2.75) is 39.5 Å². The molecule has 1 amide bonds. The Morgan fingerprint density at radius 1 is 1.30 bits per heavy atom. The second kappa shape index (κ2) is 8.35. The van der Waals surface area contributed by atoms with Crippen LogP contribution in [0.15, 0.2) is 30.3 Å². The van der Waals surface area contributed by atoms with E-state index in [2.05, 4.69) is 28.4 Å². The van der Waals surface area contributed by atoms with Gasteiger partial charge in [0.05, 0.1) is 16.6 Å². The van der Waals surface area contributed by atoms with Crippen molar-refractivity contribution >= 4 is 28.4 Å². The zero-order chi connectivity index (χ0) is 21.3. The molecule has 1 aliphatic rings. The molecule has 1 aliphatic heterocycles. The van der Waals surface area contributed by atoms with Gasteiger partial charge >= 0.3 is 0 Å². The third-order valence-corrected chi connectivity index (χ3v) is 6.26. The highest BCUT2D eigenvalue weighted by molar-refractivity contribution is 5.85. The van der Waals surface area contributed by atoms with Crippen molar-refractivity contribution < 1.29 is 4.79 Å². The van der Waals surface area contributed by atoms with Crippen LogP contribution in [0.4, 0.5) is 5.82 Å². The zero-order valence-electron chi connectivity index (χ0n) is 18.1. The number of fused-ring (bicyclic) bond motifs is 3. The molecule has 0 saturated carbocycles. The molecule has 1 saturated heterocycles. The number of nitrogens with zero attached hydrogens (tertiary/aromatic N) is 5. The number of carbonyl (C=O) groups is 1. The second-order valence-corrected chi connectivity index (χ2v) is 8.31. The lowest BCUT2D eigenvalue weighted by Crippen LogP contribution is -2.42. The molecular weight excluding hydrogens is 374 g/mol. The van der Waals surface area contributed by atoms with E-state index >= 15 is 0 Å². The summed E-state index contributed by atoms with van der Waals surface area (Å²) < 4.78 is 2.11. The minimum absolute atomic E-state index is 0.0950. The van der Waals surface area contributed by atoms with E-state index in [-0.39, 0.29) is 11.8 Å². The fraction of sp³-hybridized carbons (Fsp3) is 0.458. The molecule has 2 aromatic heterocycles. The molecule has 0 unspecified atom stereocenters. The molecule has 0 spiro atoms. The third kappa shape index (κ3) is 3.49. The normalized spacial score (nSPS) is 14.9. The van der Waals surface area contributed by atoms with Crippen LogP contribution in [0.25, 0.3) is 16.7 Å². The third-order valence-electron chi connectivity index (χ3n) is 6.26. The highest BCUT2D eigenvalue weighted by Crippen LogP contribution is 2.31. The number of unbranched alkanes of at least 4 members (excludes halogenated alkanes) is 1. The van der Waals surface area contributed by atoms with E-state index in [9.17, 15) is 10.1 Å². The Morgan fingerprint density at radius 3 is 2.73 bits per heavy atom. The Morgan fingerprint density at radius 2 is 2.03 bits per heavy atom. The van der Waals surface area contributed by atoms with Crippen LogP contribution in [0.1, 0.15) is 43.7 Å². The molecule has 156 valence electrons. The first-order chi connectivity index (χ1) is 14.5. The summed E-state index contributed by atoms with van der Waals surface area (Å²) in [6.45, 7) is 6.61. The van der Waals surface area contributed by atoms with E-state index in [0.717, 1.165) is 67.7 Å². The van der Waals surface area contributed by atoms with E-state index in [1.807, 2.05) is 43.1 Å². The lowest BCUT2D eigenvalue weighted by atomic mass is 9.95. The van der Waals surface area contributed by atoms with Crippen LogP contribution in [0.5, 0.6) is 0 Å². The molecule has 0 radical (unpaired) electrons. The number of imidazole rings is 1. The van der Waals surface area contributed by atoms with E-state index in [0.29, 0.717) is 11.2 Å². The van der Waals surface area contributed by atoms with Crippen LogP contribution in [0, 0.1) is 24.2 Å². The molecule has 6 nitrogen and oxygen atoms in total. The van der Waals surface area contributed by atoms with Gasteiger partial charge in [-0.2, -0.15) is 5.26 Å². The van der Waals surface area contributed by atoms with Gasteiger partial charge in [0.25, 0.3) is 0 Å². The summed E-state index contributed by atoms with van der Waals surface area (Å²) in [4.78, 5) is 21.8. The second-order valence-electron chi connectivity index (χ2n) is 8.31. The first kappa shape index (κ1) is 20.2. The number of anilines is 1. The fourth-order valence-electron chi connectivity index (χ4n) is 4.48. The number of hydrogen-bond donors (Lipinski definition) is 0. The summed E-state index contributed by atoms with van der Waals surface area (Å²) in [7, 11) is 1.93. The summed E-state index contributed by atoms with van der Waals surface area (Å²) in [5.41, 5.74) is 4.18. The predicted molar refractivity (Wildman–Crippen MR) is 120 cm³/mol. The molecule has 3 aromatic rings. The maximum absolute atomic E-state index is 12.8. The number of rotatable bonds is 5. The summed E-state index contributed by atoms with van der Waals surface area (Å²) in [6, 6.07) is 12.4. The molecule has 0 atom stereocenters. The Hall–Kier alpha value is -3.07. The number of aryl methyl sites for hydroxylation is 1. The molecule has 4 rings (SSSR count). The number of carbonyl (C=O) groups excluding carboxylic acids is 1. The van der Waals surface area contributed by atoms with Gasteiger partial charge in [0.2, 0.25) is 5.91 Å². The van der Waals surface area contributed by atoms with Crippen molar-refractivity contribution in [3.63, 3.8) is 0 Å². The molecule has 30 heavy (non-hydrogen) atoms. The van der Waals surface area contributed by atoms with Gasteiger partial charge < -0.3 is 9.80 Å². The number of hydrogen-bond acceptors (Lipinski definition) is 4. The van der Waals surface area contributed by atoms with Crippen molar-refractivity contribution in [1.29, 1.82) is 5.26 Å². The van der Waals surface area contributed by atoms with Gasteiger partial charge in [-0.1, -0.05) is 25.5 Å². The lowest BCUT2D eigenvalue weighted by molar-refractivity contribution is -0.134. The number of para-hydroxylation sites is 2. The average molecular weight is 404 g/mol. The highest BCUT2D eigenvalue weighted by Gasteiger charge is 2.29. The summed E-state index contributed by atoms with van der Waals surface area (Å²) in [5, 5.41) is 9.69. The van der Waals surface area contributed by atoms with Crippen molar-refractivity contribution in [1.82, 2.24) is 14.3 Å². The quantitative estimate of drug-likeness (QED) is 0.642. The molecule has 6 heteroatoms. The van der Waals surface area contributed by atoms with Gasteiger partial charge in [-0.3, -0.25) is 9.20 Å². The predicted octanol–water partition coefficient (Wildman–Crippen LogP) is 4.14. The minimum Gasteiger partial charge on any atom is -0.358 e. The number of aromatic nitrogens is 2. The minimum atomic E-state index is 0.0950. The standard InChI is InChI=1S/C24H29N5O/c1-4-5-12-27(3)24(30)18-10-13-28(14-11-18)22-15-17(2)19(16-25)23-26-20-8-6-7-9-21(20)29(22)23/h6-9,15,18H,4-5,10-14H2,1-3H3. The summed E-state index contributed by atoms with van der Waals surface area (Å²) >= 11 is 0. The van der Waals surface area contributed by atoms with Gasteiger partial charge in [0.15, 0.2) is 5.65 Å². The van der Waals surface area contributed by atoms with Crippen LogP contribution in [0.3, 0.4) is 0 Å². The Kier molecular flexibility index (Phi) is 5.63. The largest absolute Gasteiger partial charge is 0.358 e. The zero-order valence-corrected chi connectivity index (χ0v) is 18.1. The van der Waals surface area contributed by atoms with E-state index in [1.165, 1.54) is 0 Å². The molecule has 0 aliphatic carbocycles. The van der Waals surface area contributed by atoms with Gasteiger partial charge in [-0.25, -0.2) is 4.98 Å². The Bertz CT molecular complexity index is 1120. The van der Waals surface area contributed by atoms with Crippen molar-refractivity contribution in [3.8, 4) is 6.07 Å². The molecular formula is C24H29N5O. The van der Waals surface area contributed by atoms with Crippen molar-refractivity contribution in [2.75, 3.05) is 31.6 Å². The highest BCUT2D eigenvalue weighted by atomic mass is 16.2. The maximum atomic E-state index is 12.8. The number of pyridine rings is 1. The smallest absolute Gasteiger partial charge is 0.225 e.